The van der Waals surface area contributed by atoms with E-state index in [-0.39, 0.29) is 11.9 Å². The summed E-state index contributed by atoms with van der Waals surface area (Å²) >= 11 is 0. The fourth-order valence-corrected chi connectivity index (χ4v) is 2.92. The number of hydrogen-bond donors (Lipinski definition) is 2. The molecule has 1 unspecified atom stereocenters. The van der Waals surface area contributed by atoms with E-state index in [2.05, 4.69) is 20.4 Å². The highest BCUT2D eigenvalue weighted by Gasteiger charge is 2.30. The molecule has 0 saturated carbocycles. The predicted octanol–water partition coefficient (Wildman–Crippen LogP) is 2.30. The van der Waals surface area contributed by atoms with Gasteiger partial charge in [0.05, 0.1) is 18.2 Å². The van der Waals surface area contributed by atoms with Crippen LogP contribution in [0.3, 0.4) is 0 Å². The summed E-state index contributed by atoms with van der Waals surface area (Å²) in [7, 11) is 0. The third-order valence-electron chi connectivity index (χ3n) is 4.30. The Morgan fingerprint density at radius 1 is 1.27 bits per heavy atom. The van der Waals surface area contributed by atoms with Gasteiger partial charge in [-0.2, -0.15) is 18.2 Å². The van der Waals surface area contributed by atoms with Crippen LogP contribution in [0.4, 0.5) is 13.2 Å². The number of nitrogens with zero attached hydrogens (tertiary/aromatic N) is 3. The number of piperidine rings is 1. The minimum absolute atomic E-state index is 0.244. The maximum atomic E-state index is 12.6. The van der Waals surface area contributed by atoms with Crippen molar-refractivity contribution in [2.45, 2.75) is 31.7 Å². The molecule has 2 N–H and O–H groups in total. The molecule has 6 nitrogen and oxygen atoms in total. The highest BCUT2D eigenvalue weighted by molar-refractivity contribution is 5.54. The molecular formula is C17H21F3N4O2. The number of nitrogens with one attached hydrogen (secondary N) is 1. The Kier molecular flexibility index (Phi) is 5.90. The van der Waals surface area contributed by atoms with Crippen LogP contribution in [-0.4, -0.2) is 52.4 Å². The van der Waals surface area contributed by atoms with Gasteiger partial charge in [0.2, 0.25) is 11.7 Å². The Bertz CT molecular complexity index is 703. The fraction of sp³-hybridized carbons (Fsp3) is 0.529. The smallest absolute Gasteiger partial charge is 0.392 e. The number of halogens is 3. The number of benzene rings is 1. The number of rotatable bonds is 6. The summed E-state index contributed by atoms with van der Waals surface area (Å²) in [5, 5.41) is 16.6. The van der Waals surface area contributed by atoms with Crippen LogP contribution in [0.2, 0.25) is 0 Å². The lowest BCUT2D eigenvalue weighted by Gasteiger charge is -2.29. The molecular weight excluding hydrogens is 349 g/mol. The van der Waals surface area contributed by atoms with E-state index in [1.165, 1.54) is 12.1 Å². The van der Waals surface area contributed by atoms with Gasteiger partial charge in [-0.25, -0.2) is 0 Å². The number of hydrogen-bond acceptors (Lipinski definition) is 6. The molecule has 2 heterocycles. The second-order valence-electron chi connectivity index (χ2n) is 6.36. The van der Waals surface area contributed by atoms with Crippen LogP contribution in [-0.2, 0) is 12.7 Å². The largest absolute Gasteiger partial charge is 0.416 e. The molecule has 1 saturated heterocycles. The minimum Gasteiger partial charge on any atom is -0.392 e. The average molecular weight is 370 g/mol. The van der Waals surface area contributed by atoms with Gasteiger partial charge < -0.3 is 14.9 Å². The van der Waals surface area contributed by atoms with Crippen molar-refractivity contribution in [2.75, 3.05) is 26.2 Å². The summed E-state index contributed by atoms with van der Waals surface area (Å²) in [6.07, 6.45) is -2.75. The lowest BCUT2D eigenvalue weighted by atomic mass is 10.1. The minimum atomic E-state index is -4.37. The Morgan fingerprint density at radius 3 is 2.73 bits per heavy atom. The van der Waals surface area contributed by atoms with Gasteiger partial charge in [-0.1, -0.05) is 17.3 Å². The van der Waals surface area contributed by atoms with Crippen molar-refractivity contribution < 1.29 is 22.8 Å². The molecule has 26 heavy (non-hydrogen) atoms. The molecule has 1 fully saturated rings. The van der Waals surface area contributed by atoms with Crippen molar-refractivity contribution in [1.29, 1.82) is 0 Å². The van der Waals surface area contributed by atoms with E-state index in [0.29, 0.717) is 31.1 Å². The number of aliphatic hydroxyl groups is 1. The summed E-state index contributed by atoms with van der Waals surface area (Å²) < 4.78 is 42.9. The molecule has 3 rings (SSSR count). The zero-order valence-corrected chi connectivity index (χ0v) is 14.2. The molecule has 1 atom stereocenters. The second-order valence-corrected chi connectivity index (χ2v) is 6.36. The van der Waals surface area contributed by atoms with Gasteiger partial charge >= 0.3 is 6.18 Å². The molecule has 1 aromatic carbocycles. The van der Waals surface area contributed by atoms with E-state index in [1.807, 2.05) is 0 Å². The lowest BCUT2D eigenvalue weighted by Crippen LogP contribution is -2.41. The van der Waals surface area contributed by atoms with Gasteiger partial charge in [0.25, 0.3) is 0 Å². The van der Waals surface area contributed by atoms with E-state index in [4.69, 9.17) is 4.52 Å². The molecule has 1 aromatic heterocycles. The van der Waals surface area contributed by atoms with Crippen LogP contribution in [0.15, 0.2) is 28.8 Å². The van der Waals surface area contributed by atoms with Crippen LogP contribution in [0.5, 0.6) is 0 Å². The number of likely N-dealkylation sites (tertiary alicyclic amines) is 1. The first kappa shape index (κ1) is 18.8. The van der Waals surface area contributed by atoms with Crippen LogP contribution >= 0.6 is 0 Å². The highest BCUT2D eigenvalue weighted by Crippen LogP contribution is 2.30. The number of alkyl halides is 3. The van der Waals surface area contributed by atoms with E-state index < -0.39 is 11.7 Å². The molecule has 0 spiro atoms. The maximum Gasteiger partial charge on any atom is 0.416 e. The Labute approximate surface area is 149 Å². The first-order valence-corrected chi connectivity index (χ1v) is 8.53. The second kappa shape index (κ2) is 8.15. The summed E-state index contributed by atoms with van der Waals surface area (Å²) in [5.74, 6) is 0.633. The molecule has 0 radical (unpaired) electrons. The van der Waals surface area contributed by atoms with E-state index in [9.17, 15) is 18.3 Å². The maximum absolute atomic E-state index is 12.6. The SMILES string of the molecule is OC1CCCN(CCNCc2nc(-c3ccc(C(F)(F)F)cc3)no2)C1. The quantitative estimate of drug-likeness (QED) is 0.760. The molecule has 0 bridgehead atoms. The summed E-state index contributed by atoms with van der Waals surface area (Å²) in [4.78, 5) is 6.39. The zero-order valence-electron chi connectivity index (χ0n) is 14.2. The van der Waals surface area contributed by atoms with Crippen molar-refractivity contribution in [3.8, 4) is 11.4 Å². The Morgan fingerprint density at radius 2 is 2.04 bits per heavy atom. The van der Waals surface area contributed by atoms with E-state index >= 15 is 0 Å². The van der Waals surface area contributed by atoms with Crippen molar-refractivity contribution in [3.05, 3.63) is 35.7 Å². The standard InChI is InChI=1S/C17H21F3N4O2/c18-17(19,20)13-5-3-12(4-6-13)16-22-15(26-23-16)10-21-7-9-24-8-1-2-14(25)11-24/h3-6,14,21,25H,1-2,7-11H2. The van der Waals surface area contributed by atoms with Gasteiger partial charge in [0.15, 0.2) is 0 Å². The van der Waals surface area contributed by atoms with Crippen molar-refractivity contribution in [3.63, 3.8) is 0 Å². The zero-order chi connectivity index (χ0) is 18.6. The number of aromatic nitrogens is 2. The van der Waals surface area contributed by atoms with E-state index in [1.54, 1.807) is 0 Å². The van der Waals surface area contributed by atoms with Crippen LogP contribution in [0.1, 0.15) is 24.3 Å². The highest BCUT2D eigenvalue weighted by atomic mass is 19.4. The first-order valence-electron chi connectivity index (χ1n) is 8.53. The molecule has 0 aliphatic carbocycles. The third kappa shape index (κ3) is 5.03. The first-order chi connectivity index (χ1) is 12.4. The van der Waals surface area contributed by atoms with Gasteiger partial charge in [-0.15, -0.1) is 0 Å². The monoisotopic (exact) mass is 370 g/mol. The number of β-amino-alcohol motifs (C(OH)–C–C–N with tert-alkyl or cyclic N) is 1. The summed E-state index contributed by atoms with van der Waals surface area (Å²) in [6.45, 7) is 3.59. The van der Waals surface area contributed by atoms with Crippen molar-refractivity contribution in [1.82, 2.24) is 20.4 Å². The van der Waals surface area contributed by atoms with Gasteiger partial charge in [-0.05, 0) is 31.5 Å². The fourth-order valence-electron chi connectivity index (χ4n) is 2.92. The molecule has 9 heteroatoms. The van der Waals surface area contributed by atoms with Gasteiger partial charge in [0, 0.05) is 25.2 Å². The summed E-state index contributed by atoms with van der Waals surface area (Å²) in [6, 6.07) is 4.65. The van der Waals surface area contributed by atoms with Gasteiger partial charge in [0.1, 0.15) is 0 Å². The third-order valence-corrected chi connectivity index (χ3v) is 4.30. The average Bonchev–Trinajstić information content (AvgIpc) is 3.07. The lowest BCUT2D eigenvalue weighted by molar-refractivity contribution is -0.137. The molecule has 2 aromatic rings. The molecule has 1 aliphatic heterocycles. The van der Waals surface area contributed by atoms with Crippen LogP contribution in [0, 0.1) is 0 Å². The topological polar surface area (TPSA) is 74.4 Å². The molecule has 142 valence electrons. The van der Waals surface area contributed by atoms with E-state index in [0.717, 1.165) is 38.1 Å². The Balaban J connectivity index is 1.47. The van der Waals surface area contributed by atoms with Crippen molar-refractivity contribution >= 4 is 0 Å². The predicted molar refractivity (Wildman–Crippen MR) is 88.1 cm³/mol. The molecule has 0 amide bonds. The molecule has 1 aliphatic rings. The normalized spacial score (nSPS) is 19.0. The van der Waals surface area contributed by atoms with Crippen molar-refractivity contribution in [2.24, 2.45) is 0 Å². The van der Waals surface area contributed by atoms with Crippen LogP contribution < -0.4 is 5.32 Å². The van der Waals surface area contributed by atoms with Gasteiger partial charge in [-0.3, -0.25) is 4.90 Å². The van der Waals surface area contributed by atoms with Crippen LogP contribution in [0.25, 0.3) is 11.4 Å². The summed E-state index contributed by atoms with van der Waals surface area (Å²) in [5.41, 5.74) is -0.246. The number of aliphatic hydroxyl groups excluding tert-OH is 1. The Hall–Kier alpha value is -1.97.